The first-order valence-corrected chi connectivity index (χ1v) is 9.41. The third-order valence-electron chi connectivity index (χ3n) is 5.00. The second kappa shape index (κ2) is 9.39. The number of carbonyl (C=O) groups excluding carboxylic acids is 1. The van der Waals surface area contributed by atoms with Crippen LogP contribution in [-0.2, 0) is 17.8 Å². The van der Waals surface area contributed by atoms with Crippen molar-refractivity contribution in [2.45, 2.75) is 38.3 Å². The fourth-order valence-corrected chi connectivity index (χ4v) is 3.43. The molecule has 0 atom stereocenters. The molecule has 1 amide bonds. The molecule has 2 aromatic carbocycles. The van der Waals surface area contributed by atoms with E-state index in [0.29, 0.717) is 12.5 Å². The SMILES string of the molecule is COc1ccc(CCC(=O)NC2CCN(Cc3ccccc3)CC2)cc1. The molecular weight excluding hydrogens is 324 g/mol. The third-order valence-corrected chi connectivity index (χ3v) is 5.00. The normalized spacial score (nSPS) is 15.6. The van der Waals surface area contributed by atoms with Crippen LogP contribution >= 0.6 is 0 Å². The Morgan fingerprint density at radius 2 is 1.73 bits per heavy atom. The Balaban J connectivity index is 1.36. The molecule has 3 rings (SSSR count). The van der Waals surface area contributed by atoms with Crippen molar-refractivity contribution in [1.29, 1.82) is 0 Å². The van der Waals surface area contributed by atoms with E-state index >= 15 is 0 Å². The molecule has 0 spiro atoms. The van der Waals surface area contributed by atoms with Crippen molar-refractivity contribution in [3.05, 3.63) is 65.7 Å². The minimum Gasteiger partial charge on any atom is -0.497 e. The maximum atomic E-state index is 12.2. The molecule has 0 saturated carbocycles. The number of nitrogens with one attached hydrogen (secondary N) is 1. The van der Waals surface area contributed by atoms with E-state index in [9.17, 15) is 4.79 Å². The van der Waals surface area contributed by atoms with Crippen LogP contribution < -0.4 is 10.1 Å². The van der Waals surface area contributed by atoms with Crippen molar-refractivity contribution in [2.24, 2.45) is 0 Å². The van der Waals surface area contributed by atoms with Crippen LogP contribution in [-0.4, -0.2) is 37.0 Å². The van der Waals surface area contributed by atoms with E-state index in [-0.39, 0.29) is 5.91 Å². The average molecular weight is 352 g/mol. The van der Waals surface area contributed by atoms with Gasteiger partial charge in [-0.1, -0.05) is 42.5 Å². The van der Waals surface area contributed by atoms with E-state index in [2.05, 4.69) is 40.5 Å². The molecule has 1 saturated heterocycles. The van der Waals surface area contributed by atoms with Gasteiger partial charge in [0, 0.05) is 32.1 Å². The van der Waals surface area contributed by atoms with Crippen LogP contribution in [0, 0.1) is 0 Å². The van der Waals surface area contributed by atoms with Gasteiger partial charge < -0.3 is 10.1 Å². The maximum absolute atomic E-state index is 12.2. The van der Waals surface area contributed by atoms with E-state index in [0.717, 1.165) is 44.6 Å². The minimum absolute atomic E-state index is 0.155. The molecule has 2 aromatic rings. The Kier molecular flexibility index (Phi) is 6.67. The predicted molar refractivity (Wildman–Crippen MR) is 104 cm³/mol. The monoisotopic (exact) mass is 352 g/mol. The van der Waals surface area contributed by atoms with E-state index < -0.39 is 0 Å². The van der Waals surface area contributed by atoms with Crippen molar-refractivity contribution in [2.75, 3.05) is 20.2 Å². The number of likely N-dealkylation sites (tertiary alicyclic amines) is 1. The summed E-state index contributed by atoms with van der Waals surface area (Å²) in [6, 6.07) is 18.8. The van der Waals surface area contributed by atoms with Gasteiger partial charge in [0.1, 0.15) is 5.75 Å². The number of piperidine rings is 1. The summed E-state index contributed by atoms with van der Waals surface area (Å²) in [5, 5.41) is 3.21. The molecule has 1 heterocycles. The number of nitrogens with zero attached hydrogens (tertiary/aromatic N) is 1. The second-order valence-electron chi connectivity index (χ2n) is 6.95. The van der Waals surface area contributed by atoms with Crippen LogP contribution in [0.1, 0.15) is 30.4 Å². The summed E-state index contributed by atoms with van der Waals surface area (Å²) in [6.07, 6.45) is 3.36. The van der Waals surface area contributed by atoms with Crippen molar-refractivity contribution < 1.29 is 9.53 Å². The van der Waals surface area contributed by atoms with Crippen molar-refractivity contribution in [3.63, 3.8) is 0 Å². The molecule has 138 valence electrons. The number of rotatable bonds is 7. The summed E-state index contributed by atoms with van der Waals surface area (Å²) < 4.78 is 5.16. The lowest BCUT2D eigenvalue weighted by molar-refractivity contribution is -0.122. The fraction of sp³-hybridized carbons (Fsp3) is 0.409. The lowest BCUT2D eigenvalue weighted by Crippen LogP contribution is -2.44. The maximum Gasteiger partial charge on any atom is 0.220 e. The van der Waals surface area contributed by atoms with Gasteiger partial charge in [0.2, 0.25) is 5.91 Å². The summed E-state index contributed by atoms with van der Waals surface area (Å²) >= 11 is 0. The van der Waals surface area contributed by atoms with Crippen molar-refractivity contribution in [1.82, 2.24) is 10.2 Å². The standard InChI is InChI=1S/C22H28N2O2/c1-26-21-10-7-18(8-11-21)9-12-22(25)23-20-13-15-24(16-14-20)17-19-5-3-2-4-6-19/h2-8,10-11,20H,9,12-17H2,1H3,(H,23,25). The molecule has 26 heavy (non-hydrogen) atoms. The molecule has 1 fully saturated rings. The number of aryl methyl sites for hydroxylation is 1. The van der Waals surface area contributed by atoms with Crippen LogP contribution in [0.3, 0.4) is 0 Å². The van der Waals surface area contributed by atoms with Crippen LogP contribution in [0.25, 0.3) is 0 Å². The highest BCUT2D eigenvalue weighted by Crippen LogP contribution is 2.15. The van der Waals surface area contributed by atoms with Gasteiger partial charge in [0.25, 0.3) is 0 Å². The smallest absolute Gasteiger partial charge is 0.220 e. The first kappa shape index (κ1) is 18.5. The van der Waals surface area contributed by atoms with Crippen molar-refractivity contribution >= 4 is 5.91 Å². The Hall–Kier alpha value is -2.33. The molecule has 0 radical (unpaired) electrons. The third kappa shape index (κ3) is 5.60. The fourth-order valence-electron chi connectivity index (χ4n) is 3.43. The summed E-state index contributed by atoms with van der Waals surface area (Å²) in [4.78, 5) is 14.7. The van der Waals surface area contributed by atoms with E-state index in [1.54, 1.807) is 7.11 Å². The molecule has 1 N–H and O–H groups in total. The highest BCUT2D eigenvalue weighted by molar-refractivity contribution is 5.76. The topological polar surface area (TPSA) is 41.6 Å². The summed E-state index contributed by atoms with van der Waals surface area (Å²) in [5.74, 6) is 1.00. The Morgan fingerprint density at radius 1 is 1.04 bits per heavy atom. The first-order valence-electron chi connectivity index (χ1n) is 9.41. The van der Waals surface area contributed by atoms with E-state index in [1.165, 1.54) is 11.1 Å². The van der Waals surface area contributed by atoms with E-state index in [4.69, 9.17) is 4.74 Å². The number of carbonyl (C=O) groups is 1. The lowest BCUT2D eigenvalue weighted by Gasteiger charge is -2.32. The highest BCUT2D eigenvalue weighted by atomic mass is 16.5. The molecule has 4 heteroatoms. The van der Waals surface area contributed by atoms with Gasteiger partial charge in [-0.05, 0) is 42.5 Å². The molecule has 0 aromatic heterocycles. The van der Waals surface area contributed by atoms with Gasteiger partial charge in [0.15, 0.2) is 0 Å². The minimum atomic E-state index is 0.155. The number of amides is 1. The number of methoxy groups -OCH3 is 1. The van der Waals surface area contributed by atoms with Gasteiger partial charge in [0.05, 0.1) is 7.11 Å². The van der Waals surface area contributed by atoms with Gasteiger partial charge in [-0.15, -0.1) is 0 Å². The molecule has 0 unspecified atom stereocenters. The highest BCUT2D eigenvalue weighted by Gasteiger charge is 2.20. The largest absolute Gasteiger partial charge is 0.497 e. The molecule has 0 aliphatic carbocycles. The number of hydrogen-bond donors (Lipinski definition) is 1. The number of hydrogen-bond acceptors (Lipinski definition) is 3. The Labute approximate surface area is 156 Å². The van der Waals surface area contributed by atoms with Gasteiger partial charge in [-0.2, -0.15) is 0 Å². The van der Waals surface area contributed by atoms with Gasteiger partial charge in [-0.3, -0.25) is 9.69 Å². The number of benzene rings is 2. The van der Waals surface area contributed by atoms with Crippen LogP contribution in [0.2, 0.25) is 0 Å². The van der Waals surface area contributed by atoms with Crippen LogP contribution in [0.5, 0.6) is 5.75 Å². The first-order chi connectivity index (χ1) is 12.7. The molecule has 4 nitrogen and oxygen atoms in total. The molecular formula is C22H28N2O2. The quantitative estimate of drug-likeness (QED) is 0.830. The number of ether oxygens (including phenoxy) is 1. The Bertz CT molecular complexity index is 677. The molecule has 1 aliphatic heterocycles. The summed E-state index contributed by atoms with van der Waals surface area (Å²) in [5.41, 5.74) is 2.52. The average Bonchev–Trinajstić information content (AvgIpc) is 2.69. The molecule has 1 aliphatic rings. The van der Waals surface area contributed by atoms with Gasteiger partial charge in [-0.25, -0.2) is 0 Å². The summed E-state index contributed by atoms with van der Waals surface area (Å²) in [6.45, 7) is 3.08. The Morgan fingerprint density at radius 3 is 2.38 bits per heavy atom. The van der Waals surface area contributed by atoms with E-state index in [1.807, 2.05) is 24.3 Å². The zero-order chi connectivity index (χ0) is 18.2. The zero-order valence-corrected chi connectivity index (χ0v) is 15.5. The van der Waals surface area contributed by atoms with Crippen LogP contribution in [0.4, 0.5) is 0 Å². The molecule has 0 bridgehead atoms. The zero-order valence-electron chi connectivity index (χ0n) is 15.5. The van der Waals surface area contributed by atoms with Crippen molar-refractivity contribution in [3.8, 4) is 5.75 Å². The van der Waals surface area contributed by atoms with Crippen LogP contribution in [0.15, 0.2) is 54.6 Å². The second-order valence-corrected chi connectivity index (χ2v) is 6.95. The summed E-state index contributed by atoms with van der Waals surface area (Å²) in [7, 11) is 1.66. The van der Waals surface area contributed by atoms with Gasteiger partial charge >= 0.3 is 0 Å². The lowest BCUT2D eigenvalue weighted by atomic mass is 10.0. The predicted octanol–water partition coefficient (Wildman–Crippen LogP) is 3.41.